The van der Waals surface area contributed by atoms with Gasteiger partial charge in [-0.25, -0.2) is 9.79 Å². The van der Waals surface area contributed by atoms with E-state index in [1.807, 2.05) is 26.0 Å². The normalized spacial score (nSPS) is 15.5. The molecule has 0 saturated carbocycles. The van der Waals surface area contributed by atoms with Gasteiger partial charge < -0.3 is 14.2 Å². The van der Waals surface area contributed by atoms with Crippen LogP contribution in [-0.4, -0.2) is 30.4 Å². The van der Waals surface area contributed by atoms with E-state index in [0.717, 1.165) is 5.56 Å². The van der Waals surface area contributed by atoms with E-state index >= 15 is 0 Å². The van der Waals surface area contributed by atoms with Crippen molar-refractivity contribution in [3.8, 4) is 11.5 Å². The van der Waals surface area contributed by atoms with E-state index < -0.39 is 12.0 Å². The van der Waals surface area contributed by atoms with Crippen molar-refractivity contribution in [1.29, 1.82) is 0 Å². The molecule has 0 fully saturated rings. The van der Waals surface area contributed by atoms with Crippen molar-refractivity contribution in [2.24, 2.45) is 4.99 Å². The van der Waals surface area contributed by atoms with E-state index in [2.05, 4.69) is 4.99 Å². The molecule has 0 aliphatic carbocycles. The van der Waals surface area contributed by atoms with Crippen molar-refractivity contribution in [2.75, 3.05) is 13.7 Å². The number of thiazole rings is 1. The Balaban J connectivity index is 1.94. The number of esters is 1. The summed E-state index contributed by atoms with van der Waals surface area (Å²) in [5, 5.41) is 0.529. The molecule has 0 spiro atoms. The molecular weight excluding hydrogens is 500 g/mol. The van der Waals surface area contributed by atoms with Crippen LogP contribution in [0.25, 0.3) is 6.08 Å². The van der Waals surface area contributed by atoms with Gasteiger partial charge in [0, 0.05) is 10.6 Å². The summed E-state index contributed by atoms with van der Waals surface area (Å²) < 4.78 is 18.5. The molecule has 1 atom stereocenters. The number of hydrogen-bond acceptors (Lipinski definition) is 7. The van der Waals surface area contributed by atoms with Gasteiger partial charge in [-0.05, 0) is 69.7 Å². The van der Waals surface area contributed by atoms with Gasteiger partial charge in [-0.3, -0.25) is 9.36 Å². The first-order valence-electron chi connectivity index (χ1n) is 11.5. The first kappa shape index (κ1) is 25.7. The molecule has 1 aliphatic heterocycles. The summed E-state index contributed by atoms with van der Waals surface area (Å²) in [4.78, 5) is 31.9. The molecule has 0 bridgehead atoms. The maximum Gasteiger partial charge on any atom is 0.338 e. The van der Waals surface area contributed by atoms with E-state index in [0.29, 0.717) is 42.7 Å². The predicted molar refractivity (Wildman–Crippen MR) is 141 cm³/mol. The topological polar surface area (TPSA) is 79.1 Å². The fourth-order valence-corrected chi connectivity index (χ4v) is 5.25. The third kappa shape index (κ3) is 5.10. The number of benzene rings is 2. The number of hydrogen-bond donors (Lipinski definition) is 0. The molecule has 4 rings (SSSR count). The Morgan fingerprint density at radius 2 is 1.94 bits per heavy atom. The molecule has 3 aromatic rings. The lowest BCUT2D eigenvalue weighted by molar-refractivity contribution is -0.139. The van der Waals surface area contributed by atoms with Gasteiger partial charge in [0.1, 0.15) is 11.5 Å². The highest BCUT2D eigenvalue weighted by molar-refractivity contribution is 7.07. The van der Waals surface area contributed by atoms with Crippen LogP contribution in [0, 0.1) is 0 Å². The number of methoxy groups -OCH3 is 1. The molecule has 1 aromatic heterocycles. The van der Waals surface area contributed by atoms with Gasteiger partial charge in [0.05, 0.1) is 41.7 Å². The van der Waals surface area contributed by atoms with Crippen LogP contribution >= 0.6 is 22.9 Å². The van der Waals surface area contributed by atoms with Crippen LogP contribution in [0.2, 0.25) is 5.02 Å². The van der Waals surface area contributed by atoms with Gasteiger partial charge >= 0.3 is 5.97 Å². The zero-order chi connectivity index (χ0) is 26.0. The maximum atomic E-state index is 13.8. The summed E-state index contributed by atoms with van der Waals surface area (Å²) in [6, 6.07) is 11.9. The van der Waals surface area contributed by atoms with Gasteiger partial charge in [-0.15, -0.1) is 0 Å². The monoisotopic (exact) mass is 526 g/mol. The lowest BCUT2D eigenvalue weighted by atomic mass is 9.96. The molecule has 2 heterocycles. The Bertz CT molecular complexity index is 1500. The minimum Gasteiger partial charge on any atom is -0.497 e. The number of rotatable bonds is 7. The fourth-order valence-electron chi connectivity index (χ4n) is 4.03. The molecule has 2 aromatic carbocycles. The van der Waals surface area contributed by atoms with Gasteiger partial charge in [-0.1, -0.05) is 35.1 Å². The van der Waals surface area contributed by atoms with Crippen LogP contribution in [0.1, 0.15) is 44.9 Å². The van der Waals surface area contributed by atoms with Crippen molar-refractivity contribution < 1.29 is 19.0 Å². The molecule has 0 unspecified atom stereocenters. The fraction of sp³-hybridized carbons (Fsp3) is 0.296. The average Bonchev–Trinajstić information content (AvgIpc) is 3.14. The molecule has 1 aliphatic rings. The summed E-state index contributed by atoms with van der Waals surface area (Å²) in [6.45, 7) is 7.57. The van der Waals surface area contributed by atoms with Gasteiger partial charge in [0.25, 0.3) is 5.56 Å². The highest BCUT2D eigenvalue weighted by Gasteiger charge is 2.33. The lowest BCUT2D eigenvalue weighted by Gasteiger charge is -2.24. The second-order valence-corrected chi connectivity index (χ2v) is 9.87. The van der Waals surface area contributed by atoms with Crippen molar-refractivity contribution >= 4 is 35.0 Å². The lowest BCUT2D eigenvalue weighted by Crippen LogP contribution is -2.39. The third-order valence-corrected chi connectivity index (χ3v) is 6.79. The van der Waals surface area contributed by atoms with Gasteiger partial charge in [0.15, 0.2) is 4.80 Å². The summed E-state index contributed by atoms with van der Waals surface area (Å²) in [6.07, 6.45) is 1.70. The second-order valence-electron chi connectivity index (χ2n) is 8.42. The van der Waals surface area contributed by atoms with E-state index in [4.69, 9.17) is 25.8 Å². The molecule has 188 valence electrons. The Labute approximate surface area is 217 Å². The van der Waals surface area contributed by atoms with Crippen LogP contribution in [0.5, 0.6) is 11.5 Å². The van der Waals surface area contributed by atoms with E-state index in [9.17, 15) is 9.59 Å². The SMILES string of the molecule is CCOC(=O)C1=C(C)N=c2s/c(=C/c3cc(Cl)ccc3OC(C)C)c(=O)n2[C@@H]1c1ccc(OC)cc1. The molecule has 0 N–H and O–H groups in total. The Morgan fingerprint density at radius 1 is 1.22 bits per heavy atom. The molecule has 0 radical (unpaired) electrons. The Kier molecular flexibility index (Phi) is 7.66. The van der Waals surface area contributed by atoms with Crippen LogP contribution in [-0.2, 0) is 9.53 Å². The largest absolute Gasteiger partial charge is 0.497 e. The number of fused-ring (bicyclic) bond motifs is 1. The molecule has 7 nitrogen and oxygen atoms in total. The van der Waals surface area contributed by atoms with Crippen LogP contribution < -0.4 is 24.4 Å². The summed E-state index contributed by atoms with van der Waals surface area (Å²) in [7, 11) is 1.58. The van der Waals surface area contributed by atoms with Gasteiger partial charge in [0.2, 0.25) is 0 Å². The van der Waals surface area contributed by atoms with Gasteiger partial charge in [-0.2, -0.15) is 0 Å². The number of carbonyl (C=O) groups excluding carboxylic acids is 1. The second kappa shape index (κ2) is 10.7. The van der Waals surface area contributed by atoms with Crippen molar-refractivity contribution in [2.45, 2.75) is 39.8 Å². The quantitative estimate of drug-likeness (QED) is 0.430. The Hall–Kier alpha value is -3.36. The molecular formula is C27H27ClN2O5S. The minimum atomic E-state index is -0.695. The maximum absolute atomic E-state index is 13.8. The van der Waals surface area contributed by atoms with Crippen molar-refractivity contribution in [3.63, 3.8) is 0 Å². The van der Waals surface area contributed by atoms with Crippen LogP contribution in [0.3, 0.4) is 0 Å². The number of halogens is 1. The zero-order valence-corrected chi connectivity index (χ0v) is 22.3. The standard InChI is InChI=1S/C27H27ClN2O5S/c1-6-34-26(32)23-16(4)29-27-30(24(23)17-7-10-20(33-5)11-8-17)25(31)22(36-27)14-18-13-19(28)9-12-21(18)35-15(2)3/h7-15,24H,6H2,1-5H3/b22-14+/t24-/m1/s1. The number of aromatic nitrogens is 1. The Morgan fingerprint density at radius 3 is 2.58 bits per heavy atom. The van der Waals surface area contributed by atoms with E-state index in [1.54, 1.807) is 61.9 Å². The third-order valence-electron chi connectivity index (χ3n) is 5.57. The summed E-state index contributed by atoms with van der Waals surface area (Å²) >= 11 is 7.49. The highest BCUT2D eigenvalue weighted by Crippen LogP contribution is 2.32. The molecule has 9 heteroatoms. The average molecular weight is 527 g/mol. The predicted octanol–water partition coefficient (Wildman–Crippen LogP) is 4.25. The first-order chi connectivity index (χ1) is 17.2. The summed E-state index contributed by atoms with van der Waals surface area (Å²) in [5.41, 5.74) is 1.99. The van der Waals surface area contributed by atoms with Crippen LogP contribution in [0.4, 0.5) is 0 Å². The highest BCUT2D eigenvalue weighted by atomic mass is 35.5. The molecule has 0 saturated heterocycles. The number of ether oxygens (including phenoxy) is 3. The number of carbonyl (C=O) groups is 1. The van der Waals surface area contributed by atoms with Crippen LogP contribution in [0.15, 0.2) is 63.5 Å². The summed E-state index contributed by atoms with van der Waals surface area (Å²) in [5.74, 6) is 0.787. The number of allylic oxidation sites excluding steroid dienone is 1. The van der Waals surface area contributed by atoms with E-state index in [-0.39, 0.29) is 18.3 Å². The molecule has 0 amide bonds. The van der Waals surface area contributed by atoms with E-state index in [1.165, 1.54) is 11.3 Å². The molecule has 36 heavy (non-hydrogen) atoms. The minimum absolute atomic E-state index is 0.0515. The zero-order valence-electron chi connectivity index (χ0n) is 20.7. The first-order valence-corrected chi connectivity index (χ1v) is 12.7. The smallest absolute Gasteiger partial charge is 0.338 e. The van der Waals surface area contributed by atoms with Crippen molar-refractivity contribution in [1.82, 2.24) is 4.57 Å². The van der Waals surface area contributed by atoms with Crippen molar-refractivity contribution in [3.05, 3.63) is 89.6 Å². The number of nitrogens with zero attached hydrogens (tertiary/aromatic N) is 2.